The number of fused-ring (bicyclic) bond motifs is 1. The van der Waals surface area contributed by atoms with Crippen LogP contribution < -0.4 is 5.32 Å². The van der Waals surface area contributed by atoms with E-state index in [2.05, 4.69) is 51.6 Å². The first kappa shape index (κ1) is 11.1. The topological polar surface area (TPSA) is 29.1 Å². The minimum absolute atomic E-state index is 0.159. The average Bonchev–Trinajstić information content (AvgIpc) is 2.28. The fraction of sp³-hybridized carbons (Fsp3) is 0.154. The van der Waals surface area contributed by atoms with Crippen molar-refractivity contribution in [1.82, 2.24) is 5.32 Å². The number of nitrogens with one attached hydrogen (secondary N) is 1. The van der Waals surface area contributed by atoms with Gasteiger partial charge in [0.1, 0.15) is 0 Å². The Morgan fingerprint density at radius 2 is 1.88 bits per heavy atom. The van der Waals surface area contributed by atoms with E-state index < -0.39 is 0 Å². The first-order valence-electron chi connectivity index (χ1n) is 5.17. The molecule has 0 unspecified atom stereocenters. The predicted molar refractivity (Wildman–Crippen MR) is 70.0 cm³/mol. The highest BCUT2D eigenvalue weighted by Crippen LogP contribution is 2.15. The van der Waals surface area contributed by atoms with Gasteiger partial charge in [0.25, 0.3) is 4.82 Å². The number of hydrogen-bond acceptors (Lipinski definition) is 1. The molecule has 0 spiro atoms. The van der Waals surface area contributed by atoms with Crippen molar-refractivity contribution in [2.24, 2.45) is 0 Å². The molecule has 82 valence electrons. The Morgan fingerprint density at radius 3 is 2.62 bits per heavy atom. The van der Waals surface area contributed by atoms with Gasteiger partial charge in [-0.25, -0.2) is 0 Å². The number of halogens is 1. The second-order valence-corrected chi connectivity index (χ2v) is 4.35. The molecule has 2 aromatic rings. The molecule has 1 N–H and O–H groups in total. The quantitative estimate of drug-likeness (QED) is 0.675. The Morgan fingerprint density at radius 1 is 1.12 bits per heavy atom. The molecular formula is C13H12BrNO. The van der Waals surface area contributed by atoms with E-state index in [1.807, 2.05) is 12.1 Å². The Balaban J connectivity index is 2.10. The van der Waals surface area contributed by atoms with Gasteiger partial charge in [-0.1, -0.05) is 42.5 Å². The van der Waals surface area contributed by atoms with E-state index in [0.717, 1.165) is 6.42 Å². The second kappa shape index (κ2) is 5.12. The van der Waals surface area contributed by atoms with Crippen LogP contribution in [0.1, 0.15) is 5.56 Å². The van der Waals surface area contributed by atoms with E-state index in [4.69, 9.17) is 0 Å². The number of hydrogen-bond donors (Lipinski definition) is 1. The minimum atomic E-state index is -0.159. The monoisotopic (exact) mass is 277 g/mol. The zero-order chi connectivity index (χ0) is 11.4. The third-order valence-corrected chi connectivity index (χ3v) is 2.77. The van der Waals surface area contributed by atoms with Crippen molar-refractivity contribution in [3.8, 4) is 0 Å². The van der Waals surface area contributed by atoms with Crippen LogP contribution in [-0.4, -0.2) is 11.4 Å². The van der Waals surface area contributed by atoms with Crippen LogP contribution >= 0.6 is 15.9 Å². The maximum absolute atomic E-state index is 10.7. The Kier molecular flexibility index (Phi) is 3.57. The molecule has 0 fully saturated rings. The van der Waals surface area contributed by atoms with Gasteiger partial charge in [0, 0.05) is 22.5 Å². The normalized spacial score (nSPS) is 10.3. The largest absolute Gasteiger partial charge is 0.346 e. The number of carbonyl (C=O) groups excluding carboxylic acids is 1. The molecule has 0 heterocycles. The van der Waals surface area contributed by atoms with Crippen LogP contribution in [0.5, 0.6) is 0 Å². The summed E-state index contributed by atoms with van der Waals surface area (Å²) in [5, 5.41) is 5.21. The van der Waals surface area contributed by atoms with Crippen LogP contribution in [-0.2, 0) is 6.42 Å². The summed E-state index contributed by atoms with van der Waals surface area (Å²) in [7, 11) is 0. The SMILES string of the molecule is O=C(Br)NCCc1ccc2ccccc2c1. The molecule has 1 amide bonds. The van der Waals surface area contributed by atoms with Crippen LogP contribution in [0, 0.1) is 0 Å². The van der Waals surface area contributed by atoms with Gasteiger partial charge < -0.3 is 5.32 Å². The Bertz CT molecular complexity index is 510. The van der Waals surface area contributed by atoms with E-state index in [1.54, 1.807) is 0 Å². The zero-order valence-corrected chi connectivity index (χ0v) is 10.3. The molecule has 0 atom stereocenters. The molecule has 0 aliphatic carbocycles. The van der Waals surface area contributed by atoms with Gasteiger partial charge in [-0.15, -0.1) is 0 Å². The molecule has 0 bridgehead atoms. The first-order valence-corrected chi connectivity index (χ1v) is 5.96. The van der Waals surface area contributed by atoms with Crippen molar-refractivity contribution in [3.05, 3.63) is 48.0 Å². The lowest BCUT2D eigenvalue weighted by Crippen LogP contribution is -2.18. The molecule has 2 aromatic carbocycles. The van der Waals surface area contributed by atoms with E-state index in [9.17, 15) is 4.79 Å². The third-order valence-electron chi connectivity index (χ3n) is 2.49. The Labute approximate surface area is 103 Å². The third kappa shape index (κ3) is 2.83. The number of carbonyl (C=O) groups is 1. The van der Waals surface area contributed by atoms with Crippen molar-refractivity contribution in [1.29, 1.82) is 0 Å². The minimum Gasteiger partial charge on any atom is -0.346 e. The highest BCUT2D eigenvalue weighted by atomic mass is 79.9. The van der Waals surface area contributed by atoms with Crippen molar-refractivity contribution in [2.75, 3.05) is 6.54 Å². The lowest BCUT2D eigenvalue weighted by molar-refractivity contribution is 0.262. The average molecular weight is 278 g/mol. The summed E-state index contributed by atoms with van der Waals surface area (Å²) in [6.07, 6.45) is 0.849. The number of amides is 1. The molecule has 2 nitrogen and oxygen atoms in total. The van der Waals surface area contributed by atoms with Crippen LogP contribution in [0.15, 0.2) is 42.5 Å². The van der Waals surface area contributed by atoms with Gasteiger partial charge in [-0.3, -0.25) is 4.79 Å². The van der Waals surface area contributed by atoms with Crippen molar-refractivity contribution >= 4 is 31.5 Å². The maximum Gasteiger partial charge on any atom is 0.287 e. The van der Waals surface area contributed by atoms with Crippen LogP contribution in [0.3, 0.4) is 0 Å². The van der Waals surface area contributed by atoms with Crippen LogP contribution in [0.4, 0.5) is 4.79 Å². The lowest BCUT2D eigenvalue weighted by atomic mass is 10.1. The van der Waals surface area contributed by atoms with E-state index in [1.165, 1.54) is 16.3 Å². The number of benzene rings is 2. The smallest absolute Gasteiger partial charge is 0.287 e. The molecule has 0 aliphatic heterocycles. The summed E-state index contributed by atoms with van der Waals surface area (Å²) in [4.78, 5) is 10.5. The highest BCUT2D eigenvalue weighted by Gasteiger charge is 1.97. The van der Waals surface area contributed by atoms with Gasteiger partial charge in [-0.05, 0) is 22.8 Å². The summed E-state index contributed by atoms with van der Waals surface area (Å²) in [6, 6.07) is 14.6. The lowest BCUT2D eigenvalue weighted by Gasteiger charge is -2.04. The molecule has 3 heteroatoms. The zero-order valence-electron chi connectivity index (χ0n) is 8.74. The maximum atomic E-state index is 10.7. The molecule has 2 rings (SSSR count). The standard InChI is InChI=1S/C13H12BrNO/c14-13(16)15-8-7-10-5-6-11-3-1-2-4-12(11)9-10/h1-6,9H,7-8H2,(H,15,16). The van der Waals surface area contributed by atoms with Crippen molar-refractivity contribution in [2.45, 2.75) is 6.42 Å². The van der Waals surface area contributed by atoms with Crippen LogP contribution in [0.2, 0.25) is 0 Å². The summed E-state index contributed by atoms with van der Waals surface area (Å²) in [5.41, 5.74) is 1.24. The summed E-state index contributed by atoms with van der Waals surface area (Å²) in [6.45, 7) is 0.655. The molecule has 16 heavy (non-hydrogen) atoms. The fourth-order valence-electron chi connectivity index (χ4n) is 1.70. The van der Waals surface area contributed by atoms with Gasteiger partial charge in [0.2, 0.25) is 0 Å². The van der Waals surface area contributed by atoms with E-state index >= 15 is 0 Å². The Hall–Kier alpha value is -1.35. The highest BCUT2D eigenvalue weighted by molar-refractivity contribution is 9.18. The molecule has 0 aromatic heterocycles. The molecular weight excluding hydrogens is 266 g/mol. The summed E-state index contributed by atoms with van der Waals surface area (Å²) >= 11 is 2.84. The van der Waals surface area contributed by atoms with Gasteiger partial charge >= 0.3 is 0 Å². The van der Waals surface area contributed by atoms with Crippen molar-refractivity contribution in [3.63, 3.8) is 0 Å². The summed E-state index contributed by atoms with van der Waals surface area (Å²) < 4.78 is 0. The van der Waals surface area contributed by atoms with E-state index in [0.29, 0.717) is 6.54 Å². The van der Waals surface area contributed by atoms with E-state index in [-0.39, 0.29) is 4.82 Å². The predicted octanol–water partition coefficient (Wildman–Crippen LogP) is 3.49. The first-order chi connectivity index (χ1) is 7.75. The second-order valence-electron chi connectivity index (χ2n) is 3.63. The number of rotatable bonds is 3. The molecule has 0 aliphatic rings. The molecule has 0 saturated heterocycles. The van der Waals surface area contributed by atoms with Crippen LogP contribution in [0.25, 0.3) is 10.8 Å². The molecule has 0 saturated carbocycles. The molecule has 0 radical (unpaired) electrons. The van der Waals surface area contributed by atoms with Crippen molar-refractivity contribution < 1.29 is 4.79 Å². The summed E-state index contributed by atoms with van der Waals surface area (Å²) in [5.74, 6) is 0. The fourth-order valence-corrected chi connectivity index (χ4v) is 1.90. The van der Waals surface area contributed by atoms with Gasteiger partial charge in [0.15, 0.2) is 0 Å². The van der Waals surface area contributed by atoms with Gasteiger partial charge in [-0.2, -0.15) is 0 Å². The van der Waals surface area contributed by atoms with Gasteiger partial charge in [0.05, 0.1) is 0 Å².